The molecule has 1 aromatic heterocycles. The number of carbonyl (C=O) groups is 1. The van der Waals surface area contributed by atoms with Crippen LogP contribution in [0.4, 0.5) is 0 Å². The van der Waals surface area contributed by atoms with E-state index >= 15 is 0 Å². The van der Waals surface area contributed by atoms with Crippen molar-refractivity contribution in [2.45, 2.75) is 36.3 Å². The first-order valence-electron chi connectivity index (χ1n) is 6.40. The van der Waals surface area contributed by atoms with Crippen molar-refractivity contribution >= 4 is 15.7 Å². The van der Waals surface area contributed by atoms with Crippen LogP contribution in [-0.4, -0.2) is 53.6 Å². The highest BCUT2D eigenvalue weighted by Crippen LogP contribution is 2.13. The summed E-state index contributed by atoms with van der Waals surface area (Å²) in [4.78, 5) is 15.6. The van der Waals surface area contributed by atoms with Crippen LogP contribution in [0.15, 0.2) is 11.5 Å². The van der Waals surface area contributed by atoms with Gasteiger partial charge in [-0.05, 0) is 19.8 Å². The van der Waals surface area contributed by atoms with Crippen molar-refractivity contribution in [2.75, 3.05) is 13.2 Å². The molecule has 0 radical (unpaired) electrons. The number of carbonyl (C=O) groups excluding carboxylic acids is 1. The van der Waals surface area contributed by atoms with Gasteiger partial charge in [-0.2, -0.15) is 5.10 Å². The molecule has 1 amide bonds. The summed E-state index contributed by atoms with van der Waals surface area (Å²) in [5, 5.41) is 4.89. The van der Waals surface area contributed by atoms with Gasteiger partial charge in [0, 0.05) is 20.2 Å². The van der Waals surface area contributed by atoms with E-state index in [9.17, 15) is 13.2 Å². The predicted molar refractivity (Wildman–Crippen MR) is 69.6 cm³/mol. The average Bonchev–Trinajstić information content (AvgIpc) is 3.06. The zero-order chi connectivity index (χ0) is 14.8. The van der Waals surface area contributed by atoms with Gasteiger partial charge in [0.2, 0.25) is 20.9 Å². The lowest BCUT2D eigenvalue weighted by Crippen LogP contribution is -2.41. The van der Waals surface area contributed by atoms with Gasteiger partial charge in [0.05, 0.1) is 6.10 Å². The van der Waals surface area contributed by atoms with Gasteiger partial charge in [-0.3, -0.25) is 4.79 Å². The van der Waals surface area contributed by atoms with E-state index in [-0.39, 0.29) is 11.3 Å². The van der Waals surface area contributed by atoms with Crippen molar-refractivity contribution in [1.29, 1.82) is 0 Å². The van der Waals surface area contributed by atoms with Crippen LogP contribution in [0.25, 0.3) is 0 Å². The molecule has 112 valence electrons. The van der Waals surface area contributed by atoms with Crippen molar-refractivity contribution in [2.24, 2.45) is 7.05 Å². The molecule has 1 saturated heterocycles. The van der Waals surface area contributed by atoms with Gasteiger partial charge in [-0.15, -0.1) is 0 Å². The molecule has 2 rings (SSSR count). The zero-order valence-corrected chi connectivity index (χ0v) is 12.3. The fraction of sp³-hybridized carbons (Fsp3) is 0.727. The number of rotatable bonds is 5. The number of nitrogens with zero attached hydrogens (tertiary/aromatic N) is 3. The summed E-state index contributed by atoms with van der Waals surface area (Å²) < 4.78 is 31.0. The van der Waals surface area contributed by atoms with Crippen LogP contribution < -0.4 is 5.32 Å². The first-order valence-corrected chi connectivity index (χ1v) is 7.94. The summed E-state index contributed by atoms with van der Waals surface area (Å²) in [5.74, 6) is -0.552. The van der Waals surface area contributed by atoms with Gasteiger partial charge in [0.1, 0.15) is 11.6 Å². The maximum atomic E-state index is 12.2. The molecule has 0 aromatic carbocycles. The summed E-state index contributed by atoms with van der Waals surface area (Å²) in [6, 6.07) is 0. The fourth-order valence-electron chi connectivity index (χ4n) is 2.01. The van der Waals surface area contributed by atoms with Crippen LogP contribution in [0.3, 0.4) is 0 Å². The van der Waals surface area contributed by atoms with Crippen LogP contribution in [0.1, 0.15) is 19.8 Å². The van der Waals surface area contributed by atoms with E-state index in [1.165, 1.54) is 14.0 Å². The molecule has 8 nitrogen and oxygen atoms in total. The summed E-state index contributed by atoms with van der Waals surface area (Å²) in [5.41, 5.74) is 0. The Labute approximate surface area is 117 Å². The third-order valence-electron chi connectivity index (χ3n) is 3.29. The van der Waals surface area contributed by atoms with Gasteiger partial charge < -0.3 is 10.1 Å². The lowest BCUT2D eigenvalue weighted by atomic mass is 10.2. The van der Waals surface area contributed by atoms with E-state index in [4.69, 9.17) is 4.74 Å². The van der Waals surface area contributed by atoms with Crippen LogP contribution in [0.5, 0.6) is 0 Å². The summed E-state index contributed by atoms with van der Waals surface area (Å²) >= 11 is 0. The van der Waals surface area contributed by atoms with Crippen molar-refractivity contribution in [3.8, 4) is 0 Å². The Bertz CT molecular complexity index is 577. The number of aryl methyl sites for hydroxylation is 1. The lowest BCUT2D eigenvalue weighted by molar-refractivity contribution is -0.120. The highest BCUT2D eigenvalue weighted by molar-refractivity contribution is 7.92. The molecule has 2 heterocycles. The normalized spacial score (nSPS) is 20.8. The number of hydrogen-bond donors (Lipinski definition) is 1. The Hall–Kier alpha value is -1.48. The molecule has 1 aromatic rings. The molecule has 1 aliphatic rings. The van der Waals surface area contributed by atoms with Crippen molar-refractivity contribution in [1.82, 2.24) is 20.1 Å². The van der Waals surface area contributed by atoms with Crippen molar-refractivity contribution in [3.63, 3.8) is 0 Å². The minimum absolute atomic E-state index is 0.0244. The van der Waals surface area contributed by atoms with Crippen LogP contribution in [-0.2, 0) is 26.4 Å². The third kappa shape index (κ3) is 2.98. The lowest BCUT2D eigenvalue weighted by Gasteiger charge is -2.15. The molecular weight excluding hydrogens is 284 g/mol. The molecule has 1 fully saturated rings. The van der Waals surface area contributed by atoms with E-state index in [0.717, 1.165) is 23.9 Å². The van der Waals surface area contributed by atoms with E-state index in [1.807, 2.05) is 0 Å². The summed E-state index contributed by atoms with van der Waals surface area (Å²) in [6.07, 6.45) is 2.96. The molecule has 20 heavy (non-hydrogen) atoms. The zero-order valence-electron chi connectivity index (χ0n) is 11.4. The smallest absolute Gasteiger partial charge is 0.246 e. The minimum Gasteiger partial charge on any atom is -0.376 e. The van der Waals surface area contributed by atoms with Crippen LogP contribution in [0, 0.1) is 0 Å². The minimum atomic E-state index is -3.83. The van der Waals surface area contributed by atoms with E-state index in [0.29, 0.717) is 13.2 Å². The number of hydrogen-bond acceptors (Lipinski definition) is 6. The number of sulfone groups is 1. The second-order valence-corrected chi connectivity index (χ2v) is 6.90. The standard InChI is InChI=1S/C11H18N4O4S/c1-8(10(16)12-6-9-4-3-5-19-9)20(17,18)11-13-7-14-15(11)2/h7-9H,3-6H2,1-2H3,(H,12,16). The molecule has 0 aliphatic carbocycles. The Morgan fingerprint density at radius 2 is 2.40 bits per heavy atom. The topological polar surface area (TPSA) is 103 Å². The first kappa shape index (κ1) is 14.9. The Kier molecular flexibility index (Phi) is 4.39. The van der Waals surface area contributed by atoms with Crippen LogP contribution >= 0.6 is 0 Å². The summed E-state index contributed by atoms with van der Waals surface area (Å²) in [6.45, 7) is 2.36. The average molecular weight is 302 g/mol. The van der Waals surface area contributed by atoms with E-state index in [2.05, 4.69) is 15.4 Å². The van der Waals surface area contributed by atoms with Gasteiger partial charge >= 0.3 is 0 Å². The molecule has 2 atom stereocenters. The highest BCUT2D eigenvalue weighted by Gasteiger charge is 2.33. The van der Waals surface area contributed by atoms with Crippen molar-refractivity contribution in [3.05, 3.63) is 6.33 Å². The second-order valence-electron chi connectivity index (χ2n) is 4.73. The molecule has 0 bridgehead atoms. The Balaban J connectivity index is 2.00. The molecule has 1 aliphatic heterocycles. The molecular formula is C11H18N4O4S. The monoisotopic (exact) mass is 302 g/mol. The Morgan fingerprint density at radius 1 is 1.65 bits per heavy atom. The van der Waals surface area contributed by atoms with Crippen molar-refractivity contribution < 1.29 is 17.9 Å². The number of aromatic nitrogens is 3. The maximum absolute atomic E-state index is 12.2. The van der Waals surface area contributed by atoms with Gasteiger partial charge in [-0.1, -0.05) is 0 Å². The number of nitrogens with one attached hydrogen (secondary N) is 1. The van der Waals surface area contributed by atoms with E-state index < -0.39 is 21.0 Å². The van der Waals surface area contributed by atoms with Gasteiger partial charge in [0.15, 0.2) is 0 Å². The molecule has 1 N–H and O–H groups in total. The fourth-order valence-corrected chi connectivity index (χ4v) is 3.30. The third-order valence-corrected chi connectivity index (χ3v) is 5.31. The molecule has 9 heteroatoms. The van der Waals surface area contributed by atoms with Crippen LogP contribution in [0.2, 0.25) is 0 Å². The van der Waals surface area contributed by atoms with E-state index in [1.54, 1.807) is 0 Å². The SMILES string of the molecule is CC(C(=O)NCC1CCCO1)S(=O)(=O)c1ncnn1C. The number of ether oxygens (including phenoxy) is 1. The molecule has 2 unspecified atom stereocenters. The van der Waals surface area contributed by atoms with Gasteiger partial charge in [-0.25, -0.2) is 18.1 Å². The summed E-state index contributed by atoms with van der Waals surface area (Å²) in [7, 11) is -2.37. The Morgan fingerprint density at radius 3 is 2.95 bits per heavy atom. The number of amides is 1. The van der Waals surface area contributed by atoms with Gasteiger partial charge in [0.25, 0.3) is 0 Å². The maximum Gasteiger partial charge on any atom is 0.246 e. The molecule has 0 spiro atoms. The predicted octanol–water partition coefficient (Wildman–Crippen LogP) is -0.727. The largest absolute Gasteiger partial charge is 0.376 e. The first-order chi connectivity index (χ1) is 9.43. The highest BCUT2D eigenvalue weighted by atomic mass is 32.2. The second kappa shape index (κ2) is 5.88. The molecule has 0 saturated carbocycles. The quantitative estimate of drug-likeness (QED) is 0.769.